The summed E-state index contributed by atoms with van der Waals surface area (Å²) in [4.78, 5) is 22.2. The lowest BCUT2D eigenvalue weighted by atomic mass is 9.64. The topological polar surface area (TPSA) is 94.8 Å². The maximum absolute atomic E-state index is 11.6. The van der Waals surface area contributed by atoms with Gasteiger partial charge >= 0.3 is 5.97 Å². The van der Waals surface area contributed by atoms with Gasteiger partial charge in [0.25, 0.3) is 0 Å². The van der Waals surface area contributed by atoms with Gasteiger partial charge in [-0.3, -0.25) is 4.79 Å². The van der Waals surface area contributed by atoms with Crippen molar-refractivity contribution in [1.29, 1.82) is 0 Å². The fraction of sp³-hybridized carbons (Fsp3) is 0.467. The Morgan fingerprint density at radius 3 is 2.55 bits per heavy atom. The number of carbonyl (C=O) groups excluding carboxylic acids is 1. The van der Waals surface area contributed by atoms with Crippen LogP contribution >= 0.6 is 0 Å². The molecule has 0 aromatic heterocycles. The van der Waals surface area contributed by atoms with Crippen molar-refractivity contribution in [3.8, 4) is 0 Å². The third-order valence-electron chi connectivity index (χ3n) is 3.58. The monoisotopic (exact) mass is 280 g/mol. The van der Waals surface area contributed by atoms with E-state index in [1.54, 1.807) is 20.8 Å². The number of aliphatic carboxylic acids is 1. The molecule has 3 N–H and O–H groups in total. The Morgan fingerprint density at radius 2 is 2.05 bits per heavy atom. The summed E-state index contributed by atoms with van der Waals surface area (Å²) >= 11 is 0. The first-order chi connectivity index (χ1) is 9.12. The van der Waals surface area contributed by atoms with E-state index in [0.717, 1.165) is 6.08 Å². The number of aliphatic hydroxyl groups excluding tert-OH is 1. The molecule has 110 valence electrons. The van der Waals surface area contributed by atoms with Gasteiger partial charge in [0.1, 0.15) is 5.60 Å². The van der Waals surface area contributed by atoms with Gasteiger partial charge in [-0.25, -0.2) is 4.79 Å². The van der Waals surface area contributed by atoms with Gasteiger partial charge in [-0.2, -0.15) is 0 Å². The Morgan fingerprint density at radius 1 is 1.45 bits per heavy atom. The van der Waals surface area contributed by atoms with E-state index in [-0.39, 0.29) is 17.8 Å². The van der Waals surface area contributed by atoms with E-state index in [9.17, 15) is 19.8 Å². The number of carboxylic acids is 1. The lowest BCUT2D eigenvalue weighted by Gasteiger charge is -2.44. The molecule has 0 radical (unpaired) electrons. The minimum absolute atomic E-state index is 0.144. The molecule has 1 aliphatic rings. The van der Waals surface area contributed by atoms with E-state index < -0.39 is 23.6 Å². The molecule has 0 heterocycles. The molecule has 0 aromatic carbocycles. The molecule has 0 amide bonds. The predicted molar refractivity (Wildman–Crippen MR) is 74.1 cm³/mol. The number of hydrogen-bond acceptors (Lipinski definition) is 4. The minimum atomic E-state index is -1.48. The van der Waals surface area contributed by atoms with Gasteiger partial charge in [-0.1, -0.05) is 19.9 Å². The molecule has 0 saturated carbocycles. The second kappa shape index (κ2) is 5.73. The normalized spacial score (nSPS) is 26.8. The zero-order valence-electron chi connectivity index (χ0n) is 11.9. The first-order valence-corrected chi connectivity index (χ1v) is 6.30. The van der Waals surface area contributed by atoms with Gasteiger partial charge in [0.05, 0.1) is 6.61 Å². The number of aliphatic hydroxyl groups is 2. The highest BCUT2D eigenvalue weighted by atomic mass is 16.4. The Bertz CT molecular complexity index is 510. The van der Waals surface area contributed by atoms with Crippen molar-refractivity contribution in [2.45, 2.75) is 32.8 Å². The van der Waals surface area contributed by atoms with Crippen LogP contribution in [0.2, 0.25) is 0 Å². The zero-order chi connectivity index (χ0) is 15.6. The van der Waals surface area contributed by atoms with E-state index in [4.69, 9.17) is 5.11 Å². The molecule has 0 spiro atoms. The molecule has 1 atom stereocenters. The molecule has 5 heteroatoms. The zero-order valence-corrected chi connectivity index (χ0v) is 11.9. The Balaban J connectivity index is 3.22. The third kappa shape index (κ3) is 3.23. The molecule has 5 nitrogen and oxygen atoms in total. The van der Waals surface area contributed by atoms with Crippen molar-refractivity contribution in [2.24, 2.45) is 5.41 Å². The molecular weight excluding hydrogens is 260 g/mol. The lowest BCUT2D eigenvalue weighted by Crippen LogP contribution is -2.49. The first kappa shape index (κ1) is 16.3. The van der Waals surface area contributed by atoms with Gasteiger partial charge < -0.3 is 15.3 Å². The van der Waals surface area contributed by atoms with E-state index >= 15 is 0 Å². The van der Waals surface area contributed by atoms with Crippen LogP contribution < -0.4 is 0 Å². The standard InChI is InChI=1S/C15H20O5/c1-10(6-13(18)19)4-5-15(20)11(9-16)7-12(17)8-14(15,2)3/h4-7,16,20H,8-9H2,1-3H3,(H,18,19)/b5-4+,10-6+. The quantitative estimate of drug-likeness (QED) is 0.531. The molecule has 0 aromatic rings. The van der Waals surface area contributed by atoms with Crippen LogP contribution in [0.15, 0.2) is 35.5 Å². The largest absolute Gasteiger partial charge is 0.478 e. The highest BCUT2D eigenvalue weighted by Gasteiger charge is 2.47. The van der Waals surface area contributed by atoms with Crippen LogP contribution in [0, 0.1) is 5.41 Å². The van der Waals surface area contributed by atoms with Crippen LogP contribution in [0.4, 0.5) is 0 Å². The van der Waals surface area contributed by atoms with Crippen molar-refractivity contribution < 1.29 is 24.9 Å². The number of hydrogen-bond donors (Lipinski definition) is 3. The maximum atomic E-state index is 11.6. The summed E-state index contributed by atoms with van der Waals surface area (Å²) in [5, 5.41) is 28.8. The molecular formula is C15H20O5. The molecule has 1 aliphatic carbocycles. The molecule has 0 aliphatic heterocycles. The molecule has 0 fully saturated rings. The lowest BCUT2D eigenvalue weighted by molar-refractivity contribution is -0.131. The second-order valence-corrected chi connectivity index (χ2v) is 5.68. The Hall–Kier alpha value is -1.72. The van der Waals surface area contributed by atoms with Crippen molar-refractivity contribution in [1.82, 2.24) is 0 Å². The first-order valence-electron chi connectivity index (χ1n) is 6.30. The predicted octanol–water partition coefficient (Wildman–Crippen LogP) is 1.22. The van der Waals surface area contributed by atoms with Gasteiger partial charge in [0.2, 0.25) is 0 Å². The smallest absolute Gasteiger partial charge is 0.328 e. The highest BCUT2D eigenvalue weighted by Crippen LogP contribution is 2.44. The van der Waals surface area contributed by atoms with Gasteiger partial charge in [-0.15, -0.1) is 0 Å². The molecule has 0 bridgehead atoms. The number of carboxylic acid groups (broad SMARTS) is 1. The van der Waals surface area contributed by atoms with Gasteiger partial charge in [-0.05, 0) is 30.2 Å². The van der Waals surface area contributed by atoms with Crippen molar-refractivity contribution in [3.05, 3.63) is 35.5 Å². The number of carbonyl (C=O) groups is 2. The van der Waals surface area contributed by atoms with Crippen LogP contribution in [-0.4, -0.2) is 39.3 Å². The van der Waals surface area contributed by atoms with Crippen LogP contribution in [0.25, 0.3) is 0 Å². The molecule has 20 heavy (non-hydrogen) atoms. The van der Waals surface area contributed by atoms with Crippen molar-refractivity contribution in [3.63, 3.8) is 0 Å². The molecule has 1 rings (SSSR count). The summed E-state index contributed by atoms with van der Waals surface area (Å²) in [6.45, 7) is 4.62. The minimum Gasteiger partial charge on any atom is -0.478 e. The van der Waals surface area contributed by atoms with Crippen molar-refractivity contribution in [2.75, 3.05) is 6.61 Å². The summed E-state index contributed by atoms with van der Waals surface area (Å²) in [5.74, 6) is -1.22. The Labute approximate surface area is 117 Å². The SMILES string of the molecule is CC(/C=C/C1(O)C(CO)=CC(=O)CC1(C)C)=C\C(=O)O. The average Bonchev–Trinajstić information content (AvgIpc) is 2.30. The van der Waals surface area contributed by atoms with Crippen molar-refractivity contribution >= 4 is 11.8 Å². The van der Waals surface area contributed by atoms with E-state index in [2.05, 4.69) is 0 Å². The fourth-order valence-corrected chi connectivity index (χ4v) is 2.35. The van der Waals surface area contributed by atoms with E-state index in [1.165, 1.54) is 18.2 Å². The average molecular weight is 280 g/mol. The third-order valence-corrected chi connectivity index (χ3v) is 3.58. The number of allylic oxidation sites excluding steroid dienone is 3. The second-order valence-electron chi connectivity index (χ2n) is 5.68. The number of rotatable bonds is 4. The Kier molecular flexibility index (Phi) is 4.68. The molecule has 0 saturated heterocycles. The fourth-order valence-electron chi connectivity index (χ4n) is 2.35. The van der Waals surface area contributed by atoms with Crippen LogP contribution in [0.1, 0.15) is 27.2 Å². The highest BCUT2D eigenvalue weighted by molar-refractivity contribution is 5.93. The summed E-state index contributed by atoms with van der Waals surface area (Å²) in [6, 6.07) is 0. The van der Waals surface area contributed by atoms with Crippen LogP contribution in [0.5, 0.6) is 0 Å². The van der Waals surface area contributed by atoms with E-state index in [1.807, 2.05) is 0 Å². The van der Waals surface area contributed by atoms with Crippen LogP contribution in [0.3, 0.4) is 0 Å². The summed E-state index contributed by atoms with van der Waals surface area (Å²) in [7, 11) is 0. The van der Waals surface area contributed by atoms with E-state index in [0.29, 0.717) is 5.57 Å². The number of ketones is 1. The summed E-state index contributed by atoms with van der Waals surface area (Å²) in [5.41, 5.74) is -1.59. The summed E-state index contributed by atoms with van der Waals surface area (Å²) < 4.78 is 0. The summed E-state index contributed by atoms with van der Waals surface area (Å²) in [6.07, 6.45) is 5.35. The maximum Gasteiger partial charge on any atom is 0.328 e. The van der Waals surface area contributed by atoms with Gasteiger partial charge in [0, 0.05) is 17.9 Å². The van der Waals surface area contributed by atoms with Gasteiger partial charge in [0.15, 0.2) is 5.78 Å². The molecule has 1 unspecified atom stereocenters. The van der Waals surface area contributed by atoms with Crippen LogP contribution in [-0.2, 0) is 9.59 Å².